The first kappa shape index (κ1) is 25.1. The van der Waals surface area contributed by atoms with Crippen molar-refractivity contribution in [3.8, 4) is 17.2 Å². The summed E-state index contributed by atoms with van der Waals surface area (Å²) in [5.74, 6) is -2.30. The van der Waals surface area contributed by atoms with Gasteiger partial charge in [-0.05, 0) is 60.0 Å². The van der Waals surface area contributed by atoms with Crippen molar-refractivity contribution in [3.05, 3.63) is 89.5 Å². The van der Waals surface area contributed by atoms with Gasteiger partial charge < -0.3 is 34.3 Å². The van der Waals surface area contributed by atoms with Crippen LogP contribution in [0.5, 0.6) is 17.2 Å². The van der Waals surface area contributed by atoms with E-state index < -0.39 is 43.1 Å². The van der Waals surface area contributed by atoms with Gasteiger partial charge in [-0.15, -0.1) is 0 Å². The minimum atomic E-state index is -1.32. The van der Waals surface area contributed by atoms with Crippen LogP contribution in [-0.2, 0) is 19.8 Å². The summed E-state index contributed by atoms with van der Waals surface area (Å²) in [7, 11) is 0. The van der Waals surface area contributed by atoms with Crippen molar-refractivity contribution in [2.45, 2.75) is 12.3 Å². The van der Waals surface area contributed by atoms with Crippen molar-refractivity contribution in [1.29, 1.82) is 0 Å². The molecule has 9 heteroatoms. The average molecular weight is 479 g/mol. The molecule has 2 N–H and O–H groups in total. The van der Waals surface area contributed by atoms with Gasteiger partial charge >= 0.3 is 11.9 Å². The number of hydrogen-bond donors (Lipinski definition) is 2. The summed E-state index contributed by atoms with van der Waals surface area (Å²) in [6, 6.07) is 21.0. The fourth-order valence-electron chi connectivity index (χ4n) is 3.59. The third-order valence-electron chi connectivity index (χ3n) is 5.38. The van der Waals surface area contributed by atoms with Crippen LogP contribution in [-0.4, -0.2) is 47.9 Å². The molecule has 35 heavy (non-hydrogen) atoms. The Bertz CT molecular complexity index is 1020. The number of hydrogen-bond acceptors (Lipinski definition) is 7. The fourth-order valence-corrected chi connectivity index (χ4v) is 3.59. The minimum absolute atomic E-state index is 0.370. The second-order valence-electron chi connectivity index (χ2n) is 7.72. The molecule has 0 spiro atoms. The maximum atomic E-state index is 10.8. The maximum Gasteiger partial charge on any atom is 0.341 e. The van der Waals surface area contributed by atoms with Crippen LogP contribution in [0.2, 0.25) is 0 Å². The van der Waals surface area contributed by atoms with Crippen molar-refractivity contribution in [1.82, 2.24) is 0 Å². The van der Waals surface area contributed by atoms with Gasteiger partial charge in [0.15, 0.2) is 13.2 Å². The topological polar surface area (TPSA) is 142 Å². The molecule has 3 aromatic rings. The smallest absolute Gasteiger partial charge is 0.341 e. The van der Waals surface area contributed by atoms with E-state index in [9.17, 15) is 19.5 Å². The highest BCUT2D eigenvalue weighted by molar-refractivity contribution is 5.69. The van der Waals surface area contributed by atoms with E-state index in [4.69, 9.17) is 24.4 Å². The van der Waals surface area contributed by atoms with Crippen LogP contribution in [0.4, 0.5) is 0 Å². The molecular weight excluding hydrogens is 456 g/mol. The molecule has 0 fully saturated rings. The molecule has 0 aliphatic carbocycles. The molecule has 0 unspecified atom stereocenters. The van der Waals surface area contributed by atoms with Gasteiger partial charge in [-0.1, -0.05) is 36.4 Å². The average Bonchev–Trinajstić information content (AvgIpc) is 2.85. The lowest BCUT2D eigenvalue weighted by molar-refractivity contribution is -0.307. The molecule has 182 valence electrons. The van der Waals surface area contributed by atoms with Crippen molar-refractivity contribution in [2.24, 2.45) is 0 Å². The van der Waals surface area contributed by atoms with Gasteiger partial charge in [0.05, 0.1) is 5.97 Å². The number of carboxylic acids is 3. The standard InChI is InChI=1S/C26H24O9/c1-26(17-2-8-20(9-3-17)33-14-23(27)28,18-4-10-21(11-5-18)34-15-24(29)30)19-6-12-22(13-7-19)35-16-25(31)32/h2-13H,14-16H2,1H3,(H,27,28)(H,29,30)(H,31,32)/p-1. The zero-order chi connectivity index (χ0) is 25.4. The van der Waals surface area contributed by atoms with Crippen LogP contribution in [0, 0.1) is 0 Å². The number of carboxylic acid groups (broad SMARTS) is 3. The van der Waals surface area contributed by atoms with Gasteiger partial charge in [0.2, 0.25) is 0 Å². The Morgan fingerprint density at radius 1 is 0.629 bits per heavy atom. The summed E-state index contributed by atoms with van der Waals surface area (Å²) in [6.07, 6.45) is 0. The Morgan fingerprint density at radius 3 is 1.17 bits per heavy atom. The highest BCUT2D eigenvalue weighted by Crippen LogP contribution is 2.40. The van der Waals surface area contributed by atoms with Gasteiger partial charge in [-0.3, -0.25) is 0 Å². The zero-order valence-corrected chi connectivity index (χ0v) is 18.8. The van der Waals surface area contributed by atoms with Crippen molar-refractivity contribution in [3.63, 3.8) is 0 Å². The molecule has 0 heterocycles. The Balaban J connectivity index is 1.97. The molecular formula is C26H23O9-. The number of benzene rings is 3. The molecule has 0 amide bonds. The van der Waals surface area contributed by atoms with E-state index in [2.05, 4.69) is 0 Å². The summed E-state index contributed by atoms with van der Waals surface area (Å²) < 4.78 is 15.7. The Labute approximate surface area is 201 Å². The second kappa shape index (κ2) is 11.1. The molecule has 0 aromatic heterocycles. The van der Waals surface area contributed by atoms with E-state index in [-0.39, 0.29) is 0 Å². The predicted octanol–water partition coefficient (Wildman–Crippen LogP) is 2.10. The summed E-state index contributed by atoms with van der Waals surface area (Å²) in [5, 5.41) is 28.3. The number of rotatable bonds is 12. The van der Waals surface area contributed by atoms with Crippen LogP contribution in [0.1, 0.15) is 23.6 Å². The van der Waals surface area contributed by atoms with E-state index in [0.717, 1.165) is 16.7 Å². The molecule has 9 nitrogen and oxygen atoms in total. The largest absolute Gasteiger partial charge is 0.546 e. The normalized spacial score (nSPS) is 10.9. The lowest BCUT2D eigenvalue weighted by atomic mass is 9.71. The van der Waals surface area contributed by atoms with E-state index >= 15 is 0 Å². The van der Waals surface area contributed by atoms with Gasteiger partial charge in [0.1, 0.15) is 23.9 Å². The first-order valence-electron chi connectivity index (χ1n) is 10.5. The van der Waals surface area contributed by atoms with Crippen LogP contribution in [0.3, 0.4) is 0 Å². The van der Waals surface area contributed by atoms with Crippen molar-refractivity contribution >= 4 is 17.9 Å². The molecule has 0 aliphatic heterocycles. The molecule has 3 aromatic carbocycles. The summed E-state index contributed by atoms with van der Waals surface area (Å²) in [5.41, 5.74) is 1.88. The zero-order valence-electron chi connectivity index (χ0n) is 18.8. The number of carbonyl (C=O) groups is 3. The van der Waals surface area contributed by atoms with E-state index in [1.54, 1.807) is 36.4 Å². The number of ether oxygens (including phenoxy) is 3. The molecule has 0 saturated heterocycles. The molecule has 3 rings (SSSR count). The Kier molecular flexibility index (Phi) is 7.93. The Hall–Kier alpha value is -4.53. The van der Waals surface area contributed by atoms with Gasteiger partial charge in [0.25, 0.3) is 0 Å². The maximum absolute atomic E-state index is 10.8. The minimum Gasteiger partial charge on any atom is -0.546 e. The van der Waals surface area contributed by atoms with Gasteiger partial charge in [-0.25, -0.2) is 9.59 Å². The van der Waals surface area contributed by atoms with E-state index in [1.807, 2.05) is 43.3 Å². The quantitative estimate of drug-likeness (QED) is 0.373. The number of aliphatic carboxylic acids is 3. The summed E-state index contributed by atoms with van der Waals surface area (Å²) in [4.78, 5) is 32.2. The highest BCUT2D eigenvalue weighted by Gasteiger charge is 2.31. The van der Waals surface area contributed by atoms with Crippen LogP contribution in [0.25, 0.3) is 0 Å². The fraction of sp³-hybridized carbons (Fsp3) is 0.192. The van der Waals surface area contributed by atoms with Crippen LogP contribution < -0.4 is 19.3 Å². The molecule has 0 bridgehead atoms. The van der Waals surface area contributed by atoms with Crippen molar-refractivity contribution < 1.29 is 43.9 Å². The Morgan fingerprint density at radius 2 is 0.914 bits per heavy atom. The molecule has 0 aliphatic rings. The highest BCUT2D eigenvalue weighted by atomic mass is 16.5. The number of carbonyl (C=O) groups excluding carboxylic acids is 1. The third kappa shape index (κ3) is 6.50. The van der Waals surface area contributed by atoms with E-state index in [0.29, 0.717) is 17.2 Å². The SMILES string of the molecule is CC(c1ccc(OCC(=O)[O-])cc1)(c1ccc(OCC(=O)O)cc1)c1ccc(OCC(=O)O)cc1. The predicted molar refractivity (Wildman–Crippen MR) is 122 cm³/mol. The second-order valence-corrected chi connectivity index (χ2v) is 7.72. The molecule has 0 atom stereocenters. The molecule has 0 saturated carbocycles. The first-order chi connectivity index (χ1) is 16.7. The van der Waals surface area contributed by atoms with E-state index in [1.165, 1.54) is 0 Å². The lowest BCUT2D eigenvalue weighted by Gasteiger charge is -2.32. The monoisotopic (exact) mass is 479 g/mol. The third-order valence-corrected chi connectivity index (χ3v) is 5.38. The van der Waals surface area contributed by atoms with Gasteiger partial charge in [-0.2, -0.15) is 0 Å². The molecule has 0 radical (unpaired) electrons. The lowest BCUT2D eigenvalue weighted by Crippen LogP contribution is -2.29. The summed E-state index contributed by atoms with van der Waals surface area (Å²) >= 11 is 0. The summed E-state index contributed by atoms with van der Waals surface area (Å²) in [6.45, 7) is 0.514. The van der Waals surface area contributed by atoms with Crippen LogP contribution in [0.15, 0.2) is 72.8 Å². The van der Waals surface area contributed by atoms with Crippen LogP contribution >= 0.6 is 0 Å². The van der Waals surface area contributed by atoms with Gasteiger partial charge in [0, 0.05) is 5.41 Å². The first-order valence-corrected chi connectivity index (χ1v) is 10.5. The van der Waals surface area contributed by atoms with Crippen molar-refractivity contribution in [2.75, 3.05) is 19.8 Å².